The first-order valence-corrected chi connectivity index (χ1v) is 9.61. The van der Waals surface area contributed by atoms with Crippen LogP contribution in [0.4, 0.5) is 0 Å². The van der Waals surface area contributed by atoms with Gasteiger partial charge >= 0.3 is 0 Å². The van der Waals surface area contributed by atoms with Crippen molar-refractivity contribution in [3.05, 3.63) is 34.9 Å². The number of nitrogens with one attached hydrogen (secondary N) is 3. The minimum absolute atomic E-state index is 0.0632. The number of aromatic nitrogens is 2. The smallest absolute Gasteiger partial charge is 0.286 e. The number of amidine groups is 1. The molecule has 0 radical (unpaired) electrons. The highest BCUT2D eigenvalue weighted by atomic mass is 32.2. The molecule has 2 aliphatic rings. The molecule has 1 aromatic carbocycles. The van der Waals surface area contributed by atoms with E-state index >= 15 is 0 Å². The number of nitrogens with zero attached hydrogens (tertiary/aromatic N) is 3. The first-order valence-electron chi connectivity index (χ1n) is 8.80. The van der Waals surface area contributed by atoms with Gasteiger partial charge in [-0.25, -0.2) is 5.48 Å². The van der Waals surface area contributed by atoms with Crippen LogP contribution in [0.1, 0.15) is 12.0 Å². The molecule has 9 nitrogen and oxygen atoms in total. The number of H-pyrrole nitrogens is 1. The van der Waals surface area contributed by atoms with Crippen molar-refractivity contribution in [2.75, 3.05) is 20.7 Å². The van der Waals surface area contributed by atoms with Crippen molar-refractivity contribution < 1.29 is 14.4 Å². The summed E-state index contributed by atoms with van der Waals surface area (Å²) in [7, 11) is 3.30. The van der Waals surface area contributed by atoms with E-state index in [2.05, 4.69) is 30.8 Å². The largest absolute Gasteiger partial charge is 0.350 e. The highest BCUT2D eigenvalue weighted by Gasteiger charge is 2.35. The van der Waals surface area contributed by atoms with Crippen molar-refractivity contribution in [2.45, 2.75) is 18.5 Å². The first kappa shape index (κ1) is 18.7. The number of hydrogen-bond donors (Lipinski definition) is 3. The zero-order valence-corrected chi connectivity index (χ0v) is 16.2. The minimum Gasteiger partial charge on any atom is -0.350 e. The molecule has 2 aliphatic heterocycles. The van der Waals surface area contributed by atoms with Gasteiger partial charge in [0.15, 0.2) is 5.17 Å². The first-order chi connectivity index (χ1) is 13.5. The van der Waals surface area contributed by atoms with E-state index in [0.717, 1.165) is 16.5 Å². The van der Waals surface area contributed by atoms with E-state index in [1.165, 1.54) is 18.9 Å². The Morgan fingerprint density at radius 1 is 1.46 bits per heavy atom. The summed E-state index contributed by atoms with van der Waals surface area (Å²) in [6, 6.07) is 5.58. The standard InChI is InChI=1S/C18H20N6O3S/c1-24(12-7-14(19-9-12)16(25)23-27-2)18-21-17(26)15(28-18)6-10-3-4-13-11(5-10)8-20-22-13/h3-6,8,12,14,19H,7,9H2,1-2H3,(H,20,22)(H,23,25)/b15-6-/t12-,14+/m0/s1. The number of carbonyl (C=O) groups is 2. The molecule has 0 unspecified atom stereocenters. The molecule has 146 valence electrons. The van der Waals surface area contributed by atoms with Gasteiger partial charge in [-0.15, -0.1) is 0 Å². The van der Waals surface area contributed by atoms with Gasteiger partial charge in [0.05, 0.1) is 29.8 Å². The number of carbonyl (C=O) groups excluding carboxylic acids is 2. The van der Waals surface area contributed by atoms with Crippen LogP contribution in [0.15, 0.2) is 34.3 Å². The van der Waals surface area contributed by atoms with Crippen LogP contribution in [0.5, 0.6) is 0 Å². The summed E-state index contributed by atoms with van der Waals surface area (Å²) in [6.07, 6.45) is 4.20. The van der Waals surface area contributed by atoms with Gasteiger partial charge in [0, 0.05) is 25.0 Å². The third-order valence-corrected chi connectivity index (χ3v) is 5.92. The second-order valence-corrected chi connectivity index (χ2v) is 7.67. The summed E-state index contributed by atoms with van der Waals surface area (Å²) in [6.45, 7) is 0.627. The maximum Gasteiger partial charge on any atom is 0.286 e. The SMILES string of the molecule is CONC(=O)[C@H]1C[C@H](N(C)C2=NC(=O)/C(=C/c3ccc4[nH]ncc4c3)S2)CN1. The number of rotatable bonds is 4. The molecule has 10 heteroatoms. The monoisotopic (exact) mass is 400 g/mol. The normalized spacial score (nSPS) is 23.4. The number of amides is 2. The van der Waals surface area contributed by atoms with E-state index in [-0.39, 0.29) is 23.9 Å². The zero-order chi connectivity index (χ0) is 19.7. The molecule has 4 rings (SSSR count). The molecule has 2 aromatic rings. The van der Waals surface area contributed by atoms with Crippen LogP contribution in [0.25, 0.3) is 17.0 Å². The summed E-state index contributed by atoms with van der Waals surface area (Å²) >= 11 is 1.35. The third-order valence-electron chi connectivity index (χ3n) is 4.85. The van der Waals surface area contributed by atoms with Crippen molar-refractivity contribution in [1.82, 2.24) is 25.9 Å². The zero-order valence-electron chi connectivity index (χ0n) is 15.4. The van der Waals surface area contributed by atoms with Crippen LogP contribution in [0.2, 0.25) is 0 Å². The number of hydrogen-bond acceptors (Lipinski definition) is 7. The molecule has 3 heterocycles. The maximum absolute atomic E-state index is 12.4. The summed E-state index contributed by atoms with van der Waals surface area (Å²) < 4.78 is 0. The van der Waals surface area contributed by atoms with E-state index in [9.17, 15) is 9.59 Å². The number of thioether (sulfide) groups is 1. The Bertz CT molecular complexity index is 985. The van der Waals surface area contributed by atoms with Crippen LogP contribution in [-0.2, 0) is 14.4 Å². The molecule has 1 fully saturated rings. The summed E-state index contributed by atoms with van der Waals surface area (Å²) in [5, 5.41) is 11.7. The molecule has 3 N–H and O–H groups in total. The lowest BCUT2D eigenvalue weighted by Gasteiger charge is -2.24. The fourth-order valence-corrected chi connectivity index (χ4v) is 4.24. The molecule has 0 aliphatic carbocycles. The van der Waals surface area contributed by atoms with Crippen molar-refractivity contribution in [2.24, 2.45) is 4.99 Å². The number of hydroxylamine groups is 1. The second kappa shape index (κ2) is 7.74. The van der Waals surface area contributed by atoms with E-state index in [0.29, 0.717) is 23.0 Å². The van der Waals surface area contributed by atoms with E-state index in [1.807, 2.05) is 36.2 Å². The lowest BCUT2D eigenvalue weighted by atomic mass is 10.1. The summed E-state index contributed by atoms with van der Waals surface area (Å²) in [5.41, 5.74) is 4.21. The van der Waals surface area contributed by atoms with E-state index < -0.39 is 0 Å². The van der Waals surface area contributed by atoms with Crippen LogP contribution in [0, 0.1) is 0 Å². The van der Waals surface area contributed by atoms with Crippen LogP contribution < -0.4 is 10.8 Å². The van der Waals surface area contributed by atoms with Gasteiger partial charge in [-0.2, -0.15) is 10.1 Å². The average molecular weight is 400 g/mol. The Balaban J connectivity index is 1.43. The van der Waals surface area contributed by atoms with Crippen molar-refractivity contribution >= 4 is 45.7 Å². The van der Waals surface area contributed by atoms with Gasteiger partial charge in [0.2, 0.25) is 0 Å². The topological polar surface area (TPSA) is 112 Å². The molecule has 2 amide bonds. The Kier molecular flexibility index (Phi) is 5.16. The van der Waals surface area contributed by atoms with Crippen molar-refractivity contribution in [3.63, 3.8) is 0 Å². The fourth-order valence-electron chi connectivity index (χ4n) is 3.29. The molecule has 0 spiro atoms. The number of aromatic amines is 1. The number of fused-ring (bicyclic) bond motifs is 1. The quantitative estimate of drug-likeness (QED) is 0.516. The number of likely N-dealkylation sites (N-methyl/N-ethyl adjacent to an activating group) is 1. The van der Waals surface area contributed by atoms with Crippen molar-refractivity contribution in [3.8, 4) is 0 Å². The molecular formula is C18H20N6O3S. The van der Waals surface area contributed by atoms with E-state index in [4.69, 9.17) is 0 Å². The highest BCUT2D eigenvalue weighted by molar-refractivity contribution is 8.18. The Hall–Kier alpha value is -2.69. The van der Waals surface area contributed by atoms with Gasteiger partial charge in [-0.3, -0.25) is 19.5 Å². The maximum atomic E-state index is 12.4. The van der Waals surface area contributed by atoms with E-state index in [1.54, 1.807) is 6.20 Å². The lowest BCUT2D eigenvalue weighted by Crippen LogP contribution is -2.39. The Morgan fingerprint density at radius 3 is 3.14 bits per heavy atom. The Labute approximate surface area is 165 Å². The predicted molar refractivity (Wildman–Crippen MR) is 107 cm³/mol. The molecule has 0 bridgehead atoms. The van der Waals surface area contributed by atoms with Gasteiger partial charge in [-0.1, -0.05) is 6.07 Å². The van der Waals surface area contributed by atoms with Gasteiger partial charge < -0.3 is 10.2 Å². The van der Waals surface area contributed by atoms with Crippen LogP contribution in [0.3, 0.4) is 0 Å². The fraction of sp³-hybridized carbons (Fsp3) is 0.333. The molecule has 28 heavy (non-hydrogen) atoms. The van der Waals surface area contributed by atoms with Crippen LogP contribution >= 0.6 is 11.8 Å². The molecule has 0 saturated carbocycles. The van der Waals surface area contributed by atoms with Crippen LogP contribution in [-0.4, -0.2) is 64.9 Å². The third kappa shape index (κ3) is 3.66. The molecule has 1 saturated heterocycles. The molecular weight excluding hydrogens is 380 g/mol. The number of aliphatic imine (C=N–C) groups is 1. The molecule has 1 aromatic heterocycles. The second-order valence-electron chi connectivity index (χ2n) is 6.66. The van der Waals surface area contributed by atoms with Crippen molar-refractivity contribution in [1.29, 1.82) is 0 Å². The summed E-state index contributed by atoms with van der Waals surface area (Å²) in [5.74, 6) is -0.454. The van der Waals surface area contributed by atoms with Gasteiger partial charge in [-0.05, 0) is 42.0 Å². The highest BCUT2D eigenvalue weighted by Crippen LogP contribution is 2.32. The van der Waals surface area contributed by atoms with Gasteiger partial charge in [0.1, 0.15) is 0 Å². The number of benzene rings is 1. The average Bonchev–Trinajstić information content (AvgIpc) is 3.41. The lowest BCUT2D eigenvalue weighted by molar-refractivity contribution is -0.133. The molecule has 2 atom stereocenters. The summed E-state index contributed by atoms with van der Waals surface area (Å²) in [4.78, 5) is 35.7. The Morgan fingerprint density at radius 2 is 2.32 bits per heavy atom. The van der Waals surface area contributed by atoms with Gasteiger partial charge in [0.25, 0.3) is 11.8 Å². The minimum atomic E-state index is -0.327. The predicted octanol–water partition coefficient (Wildman–Crippen LogP) is 0.873.